The molecule has 1 unspecified atom stereocenters. The molecule has 0 aromatic heterocycles. The summed E-state index contributed by atoms with van der Waals surface area (Å²) in [4.78, 5) is 12.8. The third-order valence-electron chi connectivity index (χ3n) is 3.33. The van der Waals surface area contributed by atoms with Gasteiger partial charge in [0.25, 0.3) is 5.91 Å². The Morgan fingerprint density at radius 3 is 2.50 bits per heavy atom. The number of hydrogen-bond acceptors (Lipinski definition) is 3. The molecule has 1 atom stereocenters. The van der Waals surface area contributed by atoms with E-state index in [-0.39, 0.29) is 10.8 Å². The maximum atomic E-state index is 12.8. The molecule has 0 radical (unpaired) electrons. The molecule has 0 spiro atoms. The minimum absolute atomic E-state index is 0.173. The summed E-state index contributed by atoms with van der Waals surface area (Å²) in [6.07, 6.45) is -5.09. The number of carbonyl (C=O) groups excluding carboxylic acids is 1. The zero-order valence-electron chi connectivity index (χ0n) is 11.5. The molecule has 0 bridgehead atoms. The molecule has 1 aliphatic heterocycles. The molecule has 9 heteroatoms. The number of alkyl halides is 3. The normalized spacial score (nSPS) is 18.5. The van der Waals surface area contributed by atoms with Crippen molar-refractivity contribution in [2.75, 3.05) is 11.9 Å². The van der Waals surface area contributed by atoms with Gasteiger partial charge in [-0.05, 0) is 29.9 Å². The fourth-order valence-corrected chi connectivity index (χ4v) is 2.09. The van der Waals surface area contributed by atoms with Crippen LogP contribution in [-0.2, 0) is 4.79 Å². The van der Waals surface area contributed by atoms with Crippen LogP contribution in [0.3, 0.4) is 0 Å². The average Bonchev–Trinajstić information content (AvgIpc) is 2.46. The number of hydrogen-bond donors (Lipinski definition) is 2. The summed E-state index contributed by atoms with van der Waals surface area (Å²) >= 11 is 4.84. The molecule has 0 saturated carbocycles. The summed E-state index contributed by atoms with van der Waals surface area (Å²) in [6, 6.07) is 6.54. The number of benzene rings is 1. The van der Waals surface area contributed by atoms with Crippen molar-refractivity contribution in [3.63, 3.8) is 0 Å². The number of carbonyl (C=O) groups is 1. The van der Waals surface area contributed by atoms with Crippen molar-refractivity contribution in [2.45, 2.75) is 12.6 Å². The average molecular weight is 330 g/mol. The fourth-order valence-electron chi connectivity index (χ4n) is 1.98. The first-order chi connectivity index (χ1) is 10.2. The van der Waals surface area contributed by atoms with Crippen molar-refractivity contribution >= 4 is 34.6 Å². The lowest BCUT2D eigenvalue weighted by Crippen LogP contribution is -2.42. The lowest BCUT2D eigenvalue weighted by molar-refractivity contribution is -0.182. The highest BCUT2D eigenvalue weighted by molar-refractivity contribution is 7.80. The Hall–Kier alpha value is -2.16. The predicted octanol–water partition coefficient (Wildman–Crippen LogP) is 1.77. The van der Waals surface area contributed by atoms with Gasteiger partial charge in [0.05, 0.1) is 5.71 Å². The monoisotopic (exact) mass is 330 g/mol. The van der Waals surface area contributed by atoms with Crippen molar-refractivity contribution in [2.24, 2.45) is 16.8 Å². The van der Waals surface area contributed by atoms with E-state index in [1.54, 1.807) is 36.2 Å². The molecular weight excluding hydrogens is 317 g/mol. The van der Waals surface area contributed by atoms with E-state index in [4.69, 9.17) is 18.0 Å². The predicted molar refractivity (Wildman–Crippen MR) is 80.5 cm³/mol. The molecule has 22 heavy (non-hydrogen) atoms. The zero-order valence-corrected chi connectivity index (χ0v) is 12.3. The Morgan fingerprint density at radius 2 is 2.00 bits per heavy atom. The van der Waals surface area contributed by atoms with Gasteiger partial charge >= 0.3 is 6.18 Å². The van der Waals surface area contributed by atoms with Gasteiger partial charge in [0.2, 0.25) is 0 Å². The smallest absolute Gasteiger partial charge is 0.376 e. The maximum Gasteiger partial charge on any atom is 0.400 e. The van der Waals surface area contributed by atoms with Crippen LogP contribution in [0.5, 0.6) is 0 Å². The van der Waals surface area contributed by atoms with Gasteiger partial charge in [-0.25, -0.2) is 5.43 Å². The Labute approximate surface area is 130 Å². The Kier molecular flexibility index (Phi) is 4.36. The van der Waals surface area contributed by atoms with Crippen LogP contribution in [0, 0.1) is 5.92 Å². The van der Waals surface area contributed by atoms with Crippen LogP contribution >= 0.6 is 12.2 Å². The SMILES string of the molecule is CN(C(N)=S)c1ccc(C2=NNC(=O)C(C(F)(F)F)C2)cc1. The molecule has 0 saturated heterocycles. The number of nitrogens with two attached hydrogens (primary N) is 1. The number of nitrogens with one attached hydrogen (secondary N) is 1. The molecule has 1 aromatic carbocycles. The van der Waals surface area contributed by atoms with Gasteiger partial charge in [-0.2, -0.15) is 18.3 Å². The van der Waals surface area contributed by atoms with Crippen LogP contribution in [-0.4, -0.2) is 30.0 Å². The first-order valence-corrected chi connectivity index (χ1v) is 6.67. The molecule has 118 valence electrons. The summed E-state index contributed by atoms with van der Waals surface area (Å²) in [5.41, 5.74) is 8.78. The highest BCUT2D eigenvalue weighted by Crippen LogP contribution is 2.32. The second-order valence-corrected chi connectivity index (χ2v) is 5.20. The van der Waals surface area contributed by atoms with Crippen LogP contribution in [0.1, 0.15) is 12.0 Å². The van der Waals surface area contributed by atoms with E-state index in [1.165, 1.54) is 0 Å². The molecule has 5 nitrogen and oxygen atoms in total. The quantitative estimate of drug-likeness (QED) is 0.811. The van der Waals surface area contributed by atoms with Gasteiger partial charge in [-0.1, -0.05) is 12.1 Å². The number of halogens is 3. The molecule has 1 amide bonds. The first kappa shape index (κ1) is 16.2. The topological polar surface area (TPSA) is 70.7 Å². The molecule has 2 rings (SSSR count). The van der Waals surface area contributed by atoms with Crippen LogP contribution < -0.4 is 16.1 Å². The second-order valence-electron chi connectivity index (χ2n) is 4.78. The van der Waals surface area contributed by atoms with E-state index in [0.29, 0.717) is 11.3 Å². The third-order valence-corrected chi connectivity index (χ3v) is 3.60. The lowest BCUT2D eigenvalue weighted by Gasteiger charge is -2.24. The zero-order chi connectivity index (χ0) is 16.5. The number of amides is 1. The maximum absolute atomic E-state index is 12.8. The summed E-state index contributed by atoms with van der Waals surface area (Å²) in [7, 11) is 1.68. The first-order valence-electron chi connectivity index (χ1n) is 6.27. The lowest BCUT2D eigenvalue weighted by atomic mass is 9.95. The summed E-state index contributed by atoms with van der Waals surface area (Å²) in [5, 5.41) is 3.88. The van der Waals surface area contributed by atoms with Gasteiger partial charge in [0, 0.05) is 19.2 Å². The van der Waals surface area contributed by atoms with Crippen molar-refractivity contribution in [1.82, 2.24) is 5.43 Å². The van der Waals surface area contributed by atoms with Gasteiger partial charge in [0.15, 0.2) is 5.11 Å². The van der Waals surface area contributed by atoms with Crippen molar-refractivity contribution < 1.29 is 18.0 Å². The number of anilines is 1. The highest BCUT2D eigenvalue weighted by atomic mass is 32.1. The minimum Gasteiger partial charge on any atom is -0.376 e. The Bertz CT molecular complexity index is 627. The Balaban J connectivity index is 2.22. The van der Waals surface area contributed by atoms with Crippen molar-refractivity contribution in [3.8, 4) is 0 Å². The third kappa shape index (κ3) is 3.35. The van der Waals surface area contributed by atoms with Crippen LogP contribution in [0.2, 0.25) is 0 Å². The molecule has 1 aliphatic rings. The van der Waals surface area contributed by atoms with E-state index >= 15 is 0 Å². The summed E-state index contributed by atoms with van der Waals surface area (Å²) in [5.74, 6) is -3.22. The second kappa shape index (κ2) is 5.91. The van der Waals surface area contributed by atoms with Crippen molar-refractivity contribution in [1.29, 1.82) is 0 Å². The van der Waals surface area contributed by atoms with E-state index in [2.05, 4.69) is 5.10 Å². The molecule has 0 fully saturated rings. The number of thiocarbonyl (C=S) groups is 1. The molecule has 0 aliphatic carbocycles. The molecule has 3 N–H and O–H groups in total. The standard InChI is InChI=1S/C13H13F3N4OS/c1-20(12(17)22)8-4-2-7(3-5-8)10-6-9(13(14,15)16)11(21)19-18-10/h2-5,9H,6H2,1H3,(H2,17,22)(H,19,21). The molecular formula is C13H13F3N4OS. The van der Waals surface area contributed by atoms with E-state index in [1.807, 2.05) is 5.43 Å². The van der Waals surface area contributed by atoms with Gasteiger partial charge in [0.1, 0.15) is 5.92 Å². The van der Waals surface area contributed by atoms with Crippen LogP contribution in [0.25, 0.3) is 0 Å². The molecule has 1 heterocycles. The highest BCUT2D eigenvalue weighted by Gasteiger charge is 2.47. The van der Waals surface area contributed by atoms with Gasteiger partial charge < -0.3 is 10.6 Å². The number of hydrazone groups is 1. The van der Waals surface area contributed by atoms with Crippen LogP contribution in [0.15, 0.2) is 29.4 Å². The fraction of sp³-hybridized carbons (Fsp3) is 0.308. The van der Waals surface area contributed by atoms with Gasteiger partial charge in [-0.15, -0.1) is 0 Å². The van der Waals surface area contributed by atoms with E-state index in [0.717, 1.165) is 0 Å². The summed E-state index contributed by atoms with van der Waals surface area (Å²) < 4.78 is 38.4. The van der Waals surface area contributed by atoms with Gasteiger partial charge in [-0.3, -0.25) is 4.79 Å². The largest absolute Gasteiger partial charge is 0.400 e. The van der Waals surface area contributed by atoms with E-state index in [9.17, 15) is 18.0 Å². The van der Waals surface area contributed by atoms with Crippen LogP contribution in [0.4, 0.5) is 18.9 Å². The van der Waals surface area contributed by atoms with Crippen molar-refractivity contribution in [3.05, 3.63) is 29.8 Å². The Morgan fingerprint density at radius 1 is 1.41 bits per heavy atom. The summed E-state index contributed by atoms with van der Waals surface area (Å²) in [6.45, 7) is 0. The number of rotatable bonds is 2. The number of nitrogens with zero attached hydrogens (tertiary/aromatic N) is 2. The van der Waals surface area contributed by atoms with E-state index < -0.39 is 24.4 Å². The minimum atomic E-state index is -4.60. The molecule has 1 aromatic rings.